The highest BCUT2D eigenvalue weighted by Crippen LogP contribution is 2.55. The molecular weight excluding hydrogens is 562 g/mol. The van der Waals surface area contributed by atoms with Crippen LogP contribution in [0.3, 0.4) is 0 Å². The minimum atomic E-state index is -0.261. The summed E-state index contributed by atoms with van der Waals surface area (Å²) < 4.78 is 21.1. The number of aromatic nitrogens is 8. The maximum absolute atomic E-state index is 9.62. The lowest BCUT2D eigenvalue weighted by atomic mass is 9.60. The lowest BCUT2D eigenvalue weighted by molar-refractivity contribution is -0.166. The Morgan fingerprint density at radius 2 is 1.89 bits per heavy atom. The van der Waals surface area contributed by atoms with Crippen LogP contribution in [0.25, 0.3) is 11.1 Å². The van der Waals surface area contributed by atoms with Gasteiger partial charge in [0.25, 0.3) is 5.88 Å². The maximum atomic E-state index is 9.62. The second kappa shape index (κ2) is 11.5. The van der Waals surface area contributed by atoms with Gasteiger partial charge in [0.15, 0.2) is 0 Å². The molecule has 14 heteroatoms. The average molecular weight is 598 g/mol. The summed E-state index contributed by atoms with van der Waals surface area (Å²) in [6, 6.07) is 8.58. The molecule has 44 heavy (non-hydrogen) atoms. The van der Waals surface area contributed by atoms with E-state index in [-0.39, 0.29) is 12.2 Å². The highest BCUT2D eigenvalue weighted by atomic mass is 16.5. The topological polar surface area (TPSA) is 154 Å². The van der Waals surface area contributed by atoms with E-state index < -0.39 is 0 Å². The predicted molar refractivity (Wildman–Crippen MR) is 158 cm³/mol. The molecule has 2 saturated heterocycles. The molecule has 1 saturated carbocycles. The quantitative estimate of drug-likeness (QED) is 0.270. The van der Waals surface area contributed by atoms with Crippen LogP contribution in [-0.2, 0) is 11.3 Å². The standard InChI is InChI=1S/C30H35N11O3/c1-19(2)43-28-26(13-41(36-28)24-7-30(8-24)16-39(17-30)25-14-42-15-25)35-29-32-10-23(11-33-29)21-4-5-22(9-31)27(6-21)44-20(3)12-40-18-34-37-38-40/h4-6,10-11,13,18-20,24-25H,7-8,12,14-17H2,1-3H3,(H,32,33,35). The van der Waals surface area contributed by atoms with Crippen LogP contribution in [0.4, 0.5) is 11.6 Å². The van der Waals surface area contributed by atoms with E-state index in [1.807, 2.05) is 43.8 Å². The van der Waals surface area contributed by atoms with Crippen LogP contribution >= 0.6 is 0 Å². The monoisotopic (exact) mass is 597 g/mol. The van der Waals surface area contributed by atoms with Crippen LogP contribution in [-0.4, -0.2) is 89.4 Å². The number of hydrogen-bond donors (Lipinski definition) is 1. The predicted octanol–water partition coefficient (Wildman–Crippen LogP) is 3.23. The van der Waals surface area contributed by atoms with Crippen molar-refractivity contribution < 1.29 is 14.2 Å². The zero-order valence-corrected chi connectivity index (χ0v) is 25.0. The van der Waals surface area contributed by atoms with Crippen LogP contribution < -0.4 is 14.8 Å². The van der Waals surface area contributed by atoms with Gasteiger partial charge in [0, 0.05) is 31.0 Å². The number of anilines is 2. The van der Waals surface area contributed by atoms with Gasteiger partial charge in [-0.2, -0.15) is 5.26 Å². The molecule has 228 valence electrons. The number of rotatable bonds is 11. The largest absolute Gasteiger partial charge is 0.487 e. The molecule has 1 aromatic carbocycles. The van der Waals surface area contributed by atoms with Gasteiger partial charge >= 0.3 is 0 Å². The Balaban J connectivity index is 1.02. The van der Waals surface area contributed by atoms with Gasteiger partial charge in [0.05, 0.1) is 49.7 Å². The molecule has 1 N–H and O–H groups in total. The summed E-state index contributed by atoms with van der Waals surface area (Å²) in [4.78, 5) is 11.7. The first-order valence-electron chi connectivity index (χ1n) is 14.9. The van der Waals surface area contributed by atoms with Crippen molar-refractivity contribution in [3.63, 3.8) is 0 Å². The Morgan fingerprint density at radius 1 is 1.09 bits per heavy atom. The average Bonchev–Trinajstić information content (AvgIpc) is 3.58. The Kier molecular flexibility index (Phi) is 7.35. The van der Waals surface area contributed by atoms with Gasteiger partial charge in [-0.1, -0.05) is 6.07 Å². The number of likely N-dealkylation sites (tertiary alicyclic amines) is 1. The highest BCUT2D eigenvalue weighted by Gasteiger charge is 2.55. The van der Waals surface area contributed by atoms with Gasteiger partial charge in [-0.15, -0.1) is 10.2 Å². The molecule has 3 aromatic heterocycles. The van der Waals surface area contributed by atoms with E-state index >= 15 is 0 Å². The third kappa shape index (κ3) is 5.68. The SMILES string of the molecule is CC(C)Oc1nn(C2CC3(C2)CN(C2COC2)C3)cc1Nc1ncc(-c2ccc(C#N)c(OC(C)Cn3cnnn3)c2)cn1. The fourth-order valence-electron chi connectivity index (χ4n) is 6.19. The van der Waals surface area contributed by atoms with Crippen molar-refractivity contribution in [3.05, 3.63) is 48.7 Å². The number of nitrogens with one attached hydrogen (secondary N) is 1. The summed E-state index contributed by atoms with van der Waals surface area (Å²) in [5.74, 6) is 1.45. The Bertz CT molecular complexity index is 1630. The molecular formula is C30H35N11O3. The van der Waals surface area contributed by atoms with Crippen LogP contribution in [0.5, 0.6) is 11.6 Å². The molecule has 0 bridgehead atoms. The van der Waals surface area contributed by atoms with Crippen molar-refractivity contribution in [1.29, 1.82) is 5.26 Å². The normalized spacial score (nSPS) is 18.7. The van der Waals surface area contributed by atoms with Gasteiger partial charge in [-0.25, -0.2) is 14.6 Å². The zero-order valence-electron chi connectivity index (χ0n) is 25.0. The minimum Gasteiger partial charge on any atom is -0.487 e. The number of nitrogens with zero attached hydrogens (tertiary/aromatic N) is 10. The first-order chi connectivity index (χ1) is 21.4. The molecule has 1 spiro atoms. The Hall–Kier alpha value is -4.61. The third-order valence-corrected chi connectivity index (χ3v) is 8.47. The molecule has 1 atom stereocenters. The first-order valence-corrected chi connectivity index (χ1v) is 14.9. The van der Waals surface area contributed by atoms with E-state index in [9.17, 15) is 5.26 Å². The van der Waals surface area contributed by atoms with Crippen LogP contribution in [0, 0.1) is 16.7 Å². The molecule has 0 radical (unpaired) electrons. The van der Waals surface area contributed by atoms with Crippen LogP contribution in [0.2, 0.25) is 0 Å². The highest BCUT2D eigenvalue weighted by molar-refractivity contribution is 5.67. The van der Waals surface area contributed by atoms with E-state index in [2.05, 4.69) is 41.8 Å². The van der Waals surface area contributed by atoms with Crippen LogP contribution in [0.1, 0.15) is 45.2 Å². The van der Waals surface area contributed by atoms with Gasteiger partial charge < -0.3 is 19.5 Å². The van der Waals surface area contributed by atoms with E-state index in [4.69, 9.17) is 19.3 Å². The number of hydrogen-bond acceptors (Lipinski definition) is 12. The number of nitriles is 1. The summed E-state index contributed by atoms with van der Waals surface area (Å²) in [7, 11) is 0. The second-order valence-electron chi connectivity index (χ2n) is 12.4. The second-order valence-corrected chi connectivity index (χ2v) is 12.4. The zero-order chi connectivity index (χ0) is 30.3. The van der Waals surface area contributed by atoms with E-state index in [0.29, 0.717) is 47.2 Å². The molecule has 14 nitrogen and oxygen atoms in total. The van der Waals surface area contributed by atoms with Crippen molar-refractivity contribution in [2.75, 3.05) is 31.6 Å². The van der Waals surface area contributed by atoms with Crippen molar-refractivity contribution in [3.8, 4) is 28.8 Å². The summed E-state index contributed by atoms with van der Waals surface area (Å²) in [6.45, 7) is 10.4. The van der Waals surface area contributed by atoms with Gasteiger partial charge in [-0.3, -0.25) is 9.58 Å². The lowest BCUT2D eigenvalue weighted by Crippen LogP contribution is -2.68. The molecule has 1 unspecified atom stereocenters. The Labute approximate surface area is 254 Å². The van der Waals surface area contributed by atoms with E-state index in [1.165, 1.54) is 6.33 Å². The number of benzene rings is 1. The fraction of sp³-hybridized carbons (Fsp3) is 0.500. The molecule has 3 fully saturated rings. The maximum Gasteiger partial charge on any atom is 0.257 e. The van der Waals surface area contributed by atoms with Gasteiger partial charge in [0.1, 0.15) is 29.9 Å². The number of ether oxygens (including phenoxy) is 3. The van der Waals surface area contributed by atoms with Crippen molar-refractivity contribution in [1.82, 2.24) is 44.9 Å². The van der Waals surface area contributed by atoms with Crippen molar-refractivity contribution >= 4 is 11.6 Å². The summed E-state index contributed by atoms with van der Waals surface area (Å²) >= 11 is 0. The molecule has 7 rings (SSSR count). The molecule has 2 aliphatic heterocycles. The molecule has 3 aliphatic rings. The van der Waals surface area contributed by atoms with Gasteiger partial charge in [-0.05, 0) is 67.2 Å². The fourth-order valence-corrected chi connectivity index (χ4v) is 6.19. The molecule has 5 heterocycles. The van der Waals surface area contributed by atoms with E-state index in [1.54, 1.807) is 23.1 Å². The first kappa shape index (κ1) is 28.2. The lowest BCUT2D eigenvalue weighted by Gasteiger charge is -2.61. The smallest absolute Gasteiger partial charge is 0.257 e. The Morgan fingerprint density at radius 3 is 2.55 bits per heavy atom. The van der Waals surface area contributed by atoms with Crippen molar-refractivity contribution in [2.45, 2.75) is 64.4 Å². The third-order valence-electron chi connectivity index (χ3n) is 8.47. The van der Waals surface area contributed by atoms with Crippen LogP contribution in [0.15, 0.2) is 43.1 Å². The summed E-state index contributed by atoms with van der Waals surface area (Å²) in [5, 5.41) is 28.9. The van der Waals surface area contributed by atoms with Crippen molar-refractivity contribution in [2.24, 2.45) is 5.41 Å². The molecule has 0 amide bonds. The number of tetrazole rings is 1. The minimum absolute atomic E-state index is 0.0248. The molecule has 1 aliphatic carbocycles. The summed E-state index contributed by atoms with van der Waals surface area (Å²) in [5.41, 5.74) is 3.21. The van der Waals surface area contributed by atoms with E-state index in [0.717, 1.165) is 56.0 Å². The molecule has 4 aromatic rings. The van der Waals surface area contributed by atoms with Gasteiger partial charge in [0.2, 0.25) is 5.95 Å². The summed E-state index contributed by atoms with van der Waals surface area (Å²) in [6.07, 6.45) is 8.96.